The minimum atomic E-state index is -0.0724. The normalized spacial score (nSPS) is 25.5. The van der Waals surface area contributed by atoms with Crippen molar-refractivity contribution in [3.05, 3.63) is 53.3 Å². The molecule has 5 heteroatoms. The van der Waals surface area contributed by atoms with Crippen molar-refractivity contribution in [1.82, 2.24) is 20.4 Å². The SMILES string of the molecule is CC1(CNC(=O)c2ccn(C3CCCNC3)n2)CCCc2ccccc21. The van der Waals surface area contributed by atoms with Crippen molar-refractivity contribution in [2.24, 2.45) is 0 Å². The van der Waals surface area contributed by atoms with Crippen molar-refractivity contribution in [3.63, 3.8) is 0 Å². The van der Waals surface area contributed by atoms with Gasteiger partial charge in [0.2, 0.25) is 0 Å². The van der Waals surface area contributed by atoms with E-state index in [1.54, 1.807) is 0 Å². The maximum atomic E-state index is 12.6. The summed E-state index contributed by atoms with van der Waals surface area (Å²) in [6, 6.07) is 10.8. The first-order valence-electron chi connectivity index (χ1n) is 9.78. The van der Waals surface area contributed by atoms with Gasteiger partial charge in [0.15, 0.2) is 0 Å². The lowest BCUT2D eigenvalue weighted by molar-refractivity contribution is 0.0936. The van der Waals surface area contributed by atoms with Crippen LogP contribution in [0.1, 0.15) is 60.3 Å². The van der Waals surface area contributed by atoms with Crippen molar-refractivity contribution < 1.29 is 4.79 Å². The summed E-state index contributed by atoms with van der Waals surface area (Å²) in [5.41, 5.74) is 3.32. The van der Waals surface area contributed by atoms with Gasteiger partial charge < -0.3 is 10.6 Å². The molecule has 5 nitrogen and oxygen atoms in total. The number of aromatic nitrogens is 2. The Bertz CT molecular complexity index is 778. The van der Waals surface area contributed by atoms with E-state index >= 15 is 0 Å². The summed E-state index contributed by atoms with van der Waals surface area (Å²) in [4.78, 5) is 12.6. The molecule has 26 heavy (non-hydrogen) atoms. The van der Waals surface area contributed by atoms with E-state index in [-0.39, 0.29) is 11.3 Å². The van der Waals surface area contributed by atoms with Crippen LogP contribution in [0.25, 0.3) is 0 Å². The van der Waals surface area contributed by atoms with Gasteiger partial charge in [0, 0.05) is 24.7 Å². The number of fused-ring (bicyclic) bond motifs is 1. The van der Waals surface area contributed by atoms with Crippen LogP contribution in [0.3, 0.4) is 0 Å². The van der Waals surface area contributed by atoms with E-state index in [2.05, 4.69) is 46.9 Å². The van der Waals surface area contributed by atoms with Crippen LogP contribution in [0.5, 0.6) is 0 Å². The Balaban J connectivity index is 1.42. The van der Waals surface area contributed by atoms with Gasteiger partial charge in [-0.25, -0.2) is 0 Å². The summed E-state index contributed by atoms with van der Waals surface area (Å²) in [5.74, 6) is -0.0724. The molecule has 0 saturated carbocycles. The molecule has 1 fully saturated rings. The highest BCUT2D eigenvalue weighted by molar-refractivity contribution is 5.92. The number of carbonyl (C=O) groups excluding carboxylic acids is 1. The Labute approximate surface area is 155 Å². The monoisotopic (exact) mass is 352 g/mol. The molecule has 2 aliphatic rings. The molecule has 2 unspecified atom stereocenters. The number of nitrogens with zero attached hydrogens (tertiary/aromatic N) is 2. The van der Waals surface area contributed by atoms with Crippen molar-refractivity contribution in [2.45, 2.75) is 50.5 Å². The predicted molar refractivity (Wildman–Crippen MR) is 102 cm³/mol. The lowest BCUT2D eigenvalue weighted by Crippen LogP contribution is -2.41. The Hall–Kier alpha value is -2.14. The van der Waals surface area contributed by atoms with E-state index in [0.717, 1.165) is 38.8 Å². The van der Waals surface area contributed by atoms with Gasteiger partial charge in [0.25, 0.3) is 5.91 Å². The first kappa shape index (κ1) is 17.3. The number of hydrogen-bond acceptors (Lipinski definition) is 3. The molecule has 2 aromatic rings. The van der Waals surface area contributed by atoms with Gasteiger partial charge in [-0.3, -0.25) is 9.48 Å². The first-order valence-corrected chi connectivity index (χ1v) is 9.78. The van der Waals surface area contributed by atoms with Crippen molar-refractivity contribution in [1.29, 1.82) is 0 Å². The van der Waals surface area contributed by atoms with Gasteiger partial charge >= 0.3 is 0 Å². The molecule has 1 aliphatic carbocycles. The molecule has 1 aromatic carbocycles. The lowest BCUT2D eigenvalue weighted by Gasteiger charge is -2.36. The zero-order valence-electron chi connectivity index (χ0n) is 15.5. The number of rotatable bonds is 4. The third kappa shape index (κ3) is 3.40. The van der Waals surface area contributed by atoms with Crippen LogP contribution in [-0.2, 0) is 11.8 Å². The van der Waals surface area contributed by atoms with Crippen LogP contribution in [0, 0.1) is 0 Å². The van der Waals surface area contributed by atoms with E-state index < -0.39 is 0 Å². The zero-order chi connectivity index (χ0) is 18.0. The van der Waals surface area contributed by atoms with E-state index in [9.17, 15) is 4.79 Å². The number of piperidine rings is 1. The first-order chi connectivity index (χ1) is 12.7. The molecule has 1 aliphatic heterocycles. The fourth-order valence-corrected chi connectivity index (χ4v) is 4.40. The molecule has 2 heterocycles. The highest BCUT2D eigenvalue weighted by Crippen LogP contribution is 2.36. The third-order valence-corrected chi connectivity index (χ3v) is 5.97. The largest absolute Gasteiger partial charge is 0.350 e. The van der Waals surface area contributed by atoms with Gasteiger partial charge in [-0.15, -0.1) is 0 Å². The molecule has 0 radical (unpaired) electrons. The maximum absolute atomic E-state index is 12.6. The third-order valence-electron chi connectivity index (χ3n) is 5.97. The Morgan fingerprint density at radius 3 is 3.08 bits per heavy atom. The lowest BCUT2D eigenvalue weighted by atomic mass is 9.71. The van der Waals surface area contributed by atoms with Gasteiger partial charge in [-0.1, -0.05) is 31.2 Å². The van der Waals surface area contributed by atoms with Crippen molar-refractivity contribution in [3.8, 4) is 0 Å². The summed E-state index contributed by atoms with van der Waals surface area (Å²) >= 11 is 0. The summed E-state index contributed by atoms with van der Waals surface area (Å²) in [5, 5.41) is 11.1. The van der Waals surface area contributed by atoms with Crippen LogP contribution in [-0.4, -0.2) is 35.3 Å². The molecule has 1 amide bonds. The van der Waals surface area contributed by atoms with Crippen molar-refractivity contribution in [2.75, 3.05) is 19.6 Å². The Morgan fingerprint density at radius 2 is 2.23 bits per heavy atom. The van der Waals surface area contributed by atoms with E-state index in [1.807, 2.05) is 16.9 Å². The molecule has 1 aromatic heterocycles. The fraction of sp³-hybridized carbons (Fsp3) is 0.524. The summed E-state index contributed by atoms with van der Waals surface area (Å²) < 4.78 is 1.94. The van der Waals surface area contributed by atoms with Gasteiger partial charge in [0.05, 0.1) is 6.04 Å². The standard InChI is InChI=1S/C21H28N4O/c1-21(11-4-7-16-6-2-3-9-18(16)21)15-23-20(26)19-10-13-25(24-19)17-8-5-12-22-14-17/h2-3,6,9-10,13,17,22H,4-5,7-8,11-12,14-15H2,1H3,(H,23,26). The smallest absolute Gasteiger partial charge is 0.271 e. The van der Waals surface area contributed by atoms with Crippen molar-refractivity contribution >= 4 is 5.91 Å². The van der Waals surface area contributed by atoms with Crippen LogP contribution >= 0.6 is 0 Å². The zero-order valence-corrected chi connectivity index (χ0v) is 15.5. The topological polar surface area (TPSA) is 59.0 Å². The van der Waals surface area contributed by atoms with Gasteiger partial charge in [-0.2, -0.15) is 5.10 Å². The number of benzene rings is 1. The van der Waals surface area contributed by atoms with Crippen LogP contribution in [0.2, 0.25) is 0 Å². The average Bonchev–Trinajstić information content (AvgIpc) is 3.18. The molecule has 4 rings (SSSR count). The number of hydrogen-bond donors (Lipinski definition) is 2. The second-order valence-electron chi connectivity index (χ2n) is 7.94. The molecule has 0 spiro atoms. The summed E-state index contributed by atoms with van der Waals surface area (Å²) in [6.07, 6.45) is 7.62. The van der Waals surface area contributed by atoms with E-state index in [1.165, 1.54) is 17.5 Å². The number of aryl methyl sites for hydroxylation is 1. The highest BCUT2D eigenvalue weighted by Gasteiger charge is 2.32. The Kier molecular flexibility index (Phi) is 4.81. The highest BCUT2D eigenvalue weighted by atomic mass is 16.1. The maximum Gasteiger partial charge on any atom is 0.271 e. The number of amides is 1. The minimum absolute atomic E-state index is 0.000356. The molecular weight excluding hydrogens is 324 g/mol. The molecular formula is C21H28N4O. The van der Waals surface area contributed by atoms with Gasteiger partial charge in [-0.05, 0) is 55.8 Å². The van der Waals surface area contributed by atoms with Crippen LogP contribution in [0.15, 0.2) is 36.5 Å². The average molecular weight is 352 g/mol. The molecule has 0 bridgehead atoms. The second-order valence-corrected chi connectivity index (χ2v) is 7.94. The molecule has 2 atom stereocenters. The number of carbonyl (C=O) groups is 1. The molecule has 2 N–H and O–H groups in total. The van der Waals surface area contributed by atoms with Crippen LogP contribution in [0.4, 0.5) is 0 Å². The summed E-state index contributed by atoms with van der Waals surface area (Å²) in [6.45, 7) is 4.92. The van der Waals surface area contributed by atoms with E-state index in [0.29, 0.717) is 18.3 Å². The minimum Gasteiger partial charge on any atom is -0.350 e. The fourth-order valence-electron chi connectivity index (χ4n) is 4.40. The molecule has 1 saturated heterocycles. The van der Waals surface area contributed by atoms with Crippen LogP contribution < -0.4 is 10.6 Å². The molecule has 138 valence electrons. The van der Waals surface area contributed by atoms with E-state index in [4.69, 9.17) is 0 Å². The second kappa shape index (κ2) is 7.23. The van der Waals surface area contributed by atoms with Gasteiger partial charge in [0.1, 0.15) is 5.69 Å². The number of nitrogens with one attached hydrogen (secondary N) is 2. The quantitative estimate of drug-likeness (QED) is 0.890. The Morgan fingerprint density at radius 1 is 1.35 bits per heavy atom. The predicted octanol–water partition coefficient (Wildman–Crippen LogP) is 2.83. The summed E-state index contributed by atoms with van der Waals surface area (Å²) in [7, 11) is 0.